The smallest absolute Gasteiger partial charge is 0.338 e. The second kappa shape index (κ2) is 10.2. The SMILES string of the molecule is CCOc1ccc(N(C)S(=O)(=O)c2ccc(C)c(C(=O)OCc3ccc(C#N)cc3)c2)cc1. The van der Waals surface area contributed by atoms with Crippen molar-refractivity contribution >= 4 is 21.7 Å². The molecule has 0 aliphatic heterocycles. The van der Waals surface area contributed by atoms with Gasteiger partial charge in [-0.3, -0.25) is 4.31 Å². The number of carbonyl (C=O) groups is 1. The summed E-state index contributed by atoms with van der Waals surface area (Å²) < 4.78 is 38.3. The molecular formula is C25H24N2O5S. The van der Waals surface area contributed by atoms with Gasteiger partial charge in [-0.1, -0.05) is 18.2 Å². The Labute approximate surface area is 193 Å². The van der Waals surface area contributed by atoms with Gasteiger partial charge in [0, 0.05) is 7.05 Å². The molecule has 0 N–H and O–H groups in total. The fraction of sp³-hybridized carbons (Fsp3) is 0.200. The minimum Gasteiger partial charge on any atom is -0.494 e. The number of carbonyl (C=O) groups excluding carboxylic acids is 1. The van der Waals surface area contributed by atoms with Crippen LogP contribution < -0.4 is 9.04 Å². The van der Waals surface area contributed by atoms with Gasteiger partial charge < -0.3 is 9.47 Å². The Morgan fingerprint density at radius 3 is 2.30 bits per heavy atom. The van der Waals surface area contributed by atoms with Crippen LogP contribution in [0.1, 0.15) is 34.0 Å². The van der Waals surface area contributed by atoms with E-state index in [2.05, 4.69) is 0 Å². The summed E-state index contributed by atoms with van der Waals surface area (Å²) in [6.45, 7) is 4.10. The fourth-order valence-electron chi connectivity index (χ4n) is 3.10. The molecule has 3 rings (SSSR count). The molecule has 0 unspecified atom stereocenters. The number of benzene rings is 3. The molecule has 0 amide bonds. The van der Waals surface area contributed by atoms with Gasteiger partial charge in [-0.05, 0) is 73.5 Å². The molecule has 0 spiro atoms. The van der Waals surface area contributed by atoms with Crippen LogP contribution in [-0.4, -0.2) is 28.0 Å². The fourth-order valence-corrected chi connectivity index (χ4v) is 4.32. The van der Waals surface area contributed by atoms with Crippen LogP contribution in [0.2, 0.25) is 0 Å². The lowest BCUT2D eigenvalue weighted by molar-refractivity contribution is 0.0471. The zero-order valence-corrected chi connectivity index (χ0v) is 19.4. The van der Waals surface area contributed by atoms with Crippen LogP contribution in [0.4, 0.5) is 5.69 Å². The Morgan fingerprint density at radius 2 is 1.70 bits per heavy atom. The van der Waals surface area contributed by atoms with Crippen molar-refractivity contribution in [3.63, 3.8) is 0 Å². The lowest BCUT2D eigenvalue weighted by Gasteiger charge is -2.20. The lowest BCUT2D eigenvalue weighted by atomic mass is 10.1. The topological polar surface area (TPSA) is 96.7 Å². The average Bonchev–Trinajstić information content (AvgIpc) is 2.83. The number of sulfonamides is 1. The molecule has 0 aromatic heterocycles. The first-order valence-electron chi connectivity index (χ1n) is 10.2. The highest BCUT2D eigenvalue weighted by Crippen LogP contribution is 2.26. The largest absolute Gasteiger partial charge is 0.494 e. The van der Waals surface area contributed by atoms with Crippen molar-refractivity contribution in [2.45, 2.75) is 25.3 Å². The maximum Gasteiger partial charge on any atom is 0.338 e. The monoisotopic (exact) mass is 464 g/mol. The molecule has 0 saturated heterocycles. The summed E-state index contributed by atoms with van der Waals surface area (Å²) in [7, 11) is -2.46. The van der Waals surface area contributed by atoms with Crippen LogP contribution in [-0.2, 0) is 21.4 Å². The molecule has 3 aromatic carbocycles. The molecule has 0 aliphatic carbocycles. The number of esters is 1. The van der Waals surface area contributed by atoms with Crippen molar-refractivity contribution in [3.8, 4) is 11.8 Å². The maximum atomic E-state index is 13.2. The third kappa shape index (κ3) is 5.51. The number of anilines is 1. The van der Waals surface area contributed by atoms with Crippen LogP contribution >= 0.6 is 0 Å². The molecule has 0 fully saturated rings. The minimum absolute atomic E-state index is 0.00699. The highest BCUT2D eigenvalue weighted by Gasteiger charge is 2.24. The molecule has 0 saturated carbocycles. The summed E-state index contributed by atoms with van der Waals surface area (Å²) in [5.41, 5.74) is 2.46. The number of ether oxygens (including phenoxy) is 2. The summed E-state index contributed by atoms with van der Waals surface area (Å²) in [4.78, 5) is 12.7. The predicted molar refractivity (Wildman–Crippen MR) is 125 cm³/mol. The summed E-state index contributed by atoms with van der Waals surface area (Å²) >= 11 is 0. The van der Waals surface area contributed by atoms with E-state index in [-0.39, 0.29) is 17.1 Å². The highest BCUT2D eigenvalue weighted by molar-refractivity contribution is 7.92. The molecule has 8 heteroatoms. The van der Waals surface area contributed by atoms with Gasteiger partial charge in [0.1, 0.15) is 12.4 Å². The first-order valence-corrected chi connectivity index (χ1v) is 11.7. The van der Waals surface area contributed by atoms with Crippen molar-refractivity contribution in [3.05, 3.63) is 89.0 Å². The first-order chi connectivity index (χ1) is 15.8. The van der Waals surface area contributed by atoms with E-state index in [0.29, 0.717) is 29.2 Å². The van der Waals surface area contributed by atoms with E-state index in [1.165, 1.54) is 19.2 Å². The van der Waals surface area contributed by atoms with E-state index in [9.17, 15) is 13.2 Å². The molecule has 0 atom stereocenters. The standard InChI is InChI=1S/C25H24N2O5S/c1-4-31-22-12-10-21(11-13-22)27(3)33(29,30)23-14-5-18(2)24(15-23)25(28)32-17-20-8-6-19(16-26)7-9-20/h5-15H,4,17H2,1-3H3. The summed E-state index contributed by atoms with van der Waals surface area (Å²) in [5, 5.41) is 8.87. The summed E-state index contributed by atoms with van der Waals surface area (Å²) in [5.74, 6) is 0.0207. The Balaban J connectivity index is 1.79. The molecular weight excluding hydrogens is 440 g/mol. The Kier molecular flexibility index (Phi) is 7.36. The third-order valence-corrected chi connectivity index (χ3v) is 6.83. The van der Waals surface area contributed by atoms with Gasteiger partial charge in [0.05, 0.1) is 34.4 Å². The average molecular weight is 465 g/mol. The molecule has 33 heavy (non-hydrogen) atoms. The Bertz CT molecular complexity index is 1280. The zero-order chi connectivity index (χ0) is 24.0. The first kappa shape index (κ1) is 23.8. The Morgan fingerprint density at radius 1 is 1.03 bits per heavy atom. The van der Waals surface area contributed by atoms with Crippen molar-refractivity contribution in [2.24, 2.45) is 0 Å². The van der Waals surface area contributed by atoms with E-state index >= 15 is 0 Å². The third-order valence-electron chi connectivity index (χ3n) is 5.05. The molecule has 170 valence electrons. The number of aryl methyl sites for hydroxylation is 1. The van der Waals surface area contributed by atoms with E-state index in [0.717, 1.165) is 9.87 Å². The van der Waals surface area contributed by atoms with Crippen molar-refractivity contribution in [2.75, 3.05) is 18.0 Å². The van der Waals surface area contributed by atoms with E-state index in [1.54, 1.807) is 61.5 Å². The van der Waals surface area contributed by atoms with Crippen LogP contribution in [0.25, 0.3) is 0 Å². The second-order valence-electron chi connectivity index (χ2n) is 7.26. The van der Waals surface area contributed by atoms with Crippen molar-refractivity contribution in [1.29, 1.82) is 5.26 Å². The molecule has 0 aliphatic rings. The normalized spacial score (nSPS) is 10.8. The number of hydrogen-bond donors (Lipinski definition) is 0. The van der Waals surface area contributed by atoms with Crippen molar-refractivity contribution < 1.29 is 22.7 Å². The molecule has 0 heterocycles. The predicted octanol–water partition coefficient (Wildman–Crippen LogP) is 4.45. The van der Waals surface area contributed by atoms with E-state index in [1.807, 2.05) is 13.0 Å². The maximum absolute atomic E-state index is 13.2. The Hall–Kier alpha value is -3.83. The van der Waals surface area contributed by atoms with Gasteiger partial charge in [-0.15, -0.1) is 0 Å². The summed E-state index contributed by atoms with van der Waals surface area (Å²) in [6, 6.07) is 19.8. The number of hydrogen-bond acceptors (Lipinski definition) is 6. The van der Waals surface area contributed by atoms with Gasteiger partial charge in [-0.25, -0.2) is 13.2 Å². The number of rotatable bonds is 8. The van der Waals surface area contributed by atoms with Crippen molar-refractivity contribution in [1.82, 2.24) is 0 Å². The second-order valence-corrected chi connectivity index (χ2v) is 9.23. The van der Waals surface area contributed by atoms with E-state index in [4.69, 9.17) is 14.7 Å². The van der Waals surface area contributed by atoms with Gasteiger partial charge >= 0.3 is 5.97 Å². The molecule has 3 aromatic rings. The molecule has 7 nitrogen and oxygen atoms in total. The number of nitrogens with zero attached hydrogens (tertiary/aromatic N) is 2. The van der Waals surface area contributed by atoms with Gasteiger partial charge in [-0.2, -0.15) is 5.26 Å². The highest BCUT2D eigenvalue weighted by atomic mass is 32.2. The van der Waals surface area contributed by atoms with Crippen LogP contribution in [0.15, 0.2) is 71.6 Å². The summed E-state index contributed by atoms with van der Waals surface area (Å²) in [6.07, 6.45) is 0. The zero-order valence-electron chi connectivity index (χ0n) is 18.6. The molecule has 0 radical (unpaired) electrons. The quantitative estimate of drug-likeness (QED) is 0.457. The lowest BCUT2D eigenvalue weighted by Crippen LogP contribution is -2.26. The van der Waals surface area contributed by atoms with Crippen LogP contribution in [0.3, 0.4) is 0 Å². The van der Waals surface area contributed by atoms with Gasteiger partial charge in [0.15, 0.2) is 0 Å². The van der Waals surface area contributed by atoms with Gasteiger partial charge in [0.2, 0.25) is 0 Å². The van der Waals surface area contributed by atoms with Crippen LogP contribution in [0.5, 0.6) is 5.75 Å². The van der Waals surface area contributed by atoms with Crippen LogP contribution in [0, 0.1) is 18.3 Å². The van der Waals surface area contributed by atoms with Gasteiger partial charge in [0.25, 0.3) is 10.0 Å². The van der Waals surface area contributed by atoms with E-state index < -0.39 is 16.0 Å². The molecule has 0 bridgehead atoms. The number of nitriles is 1. The minimum atomic E-state index is -3.91.